The second kappa shape index (κ2) is 5.48. The van der Waals surface area contributed by atoms with Crippen molar-refractivity contribution in [2.24, 2.45) is 5.92 Å². The molecule has 0 aromatic carbocycles. The molecule has 1 aliphatic carbocycles. The molecule has 1 saturated carbocycles. The van der Waals surface area contributed by atoms with E-state index in [1.54, 1.807) is 0 Å². The minimum Gasteiger partial charge on any atom is -0.312 e. The highest BCUT2D eigenvalue weighted by molar-refractivity contribution is 4.95. The van der Waals surface area contributed by atoms with Gasteiger partial charge in [0.15, 0.2) is 0 Å². The Kier molecular flexibility index (Phi) is 3.99. The summed E-state index contributed by atoms with van der Waals surface area (Å²) >= 11 is 0. The van der Waals surface area contributed by atoms with Crippen molar-refractivity contribution in [3.05, 3.63) is 18.0 Å². The van der Waals surface area contributed by atoms with Gasteiger partial charge in [-0.3, -0.25) is 4.68 Å². The van der Waals surface area contributed by atoms with Crippen molar-refractivity contribution < 1.29 is 0 Å². The minimum absolute atomic E-state index is 0.604. The molecule has 90 valence electrons. The van der Waals surface area contributed by atoms with Crippen LogP contribution in [0, 0.1) is 12.8 Å². The SMILES string of the molecule is CCNC(Cn1ccc(C)n1)C1CCCC1. The van der Waals surface area contributed by atoms with Crippen LogP contribution in [0.5, 0.6) is 0 Å². The van der Waals surface area contributed by atoms with Gasteiger partial charge in [0.05, 0.1) is 12.2 Å². The molecule has 16 heavy (non-hydrogen) atoms. The molecule has 0 spiro atoms. The first-order valence-corrected chi connectivity index (χ1v) is 6.53. The highest BCUT2D eigenvalue weighted by Crippen LogP contribution is 2.28. The summed E-state index contributed by atoms with van der Waals surface area (Å²) in [5, 5.41) is 8.10. The van der Waals surface area contributed by atoms with E-state index in [4.69, 9.17) is 0 Å². The number of likely N-dealkylation sites (N-methyl/N-ethyl adjacent to an activating group) is 1. The number of hydrogen-bond donors (Lipinski definition) is 1. The van der Waals surface area contributed by atoms with Crippen molar-refractivity contribution in [1.29, 1.82) is 0 Å². The smallest absolute Gasteiger partial charge is 0.0593 e. The molecule has 0 aliphatic heterocycles. The maximum Gasteiger partial charge on any atom is 0.0593 e. The molecule has 1 aliphatic rings. The Balaban J connectivity index is 1.96. The Labute approximate surface area is 98.2 Å². The van der Waals surface area contributed by atoms with Gasteiger partial charge in [-0.15, -0.1) is 0 Å². The third kappa shape index (κ3) is 2.85. The number of hydrogen-bond acceptors (Lipinski definition) is 2. The quantitative estimate of drug-likeness (QED) is 0.827. The third-order valence-corrected chi connectivity index (χ3v) is 3.59. The fourth-order valence-corrected chi connectivity index (χ4v) is 2.77. The molecule has 1 aromatic rings. The number of nitrogens with zero attached hydrogens (tertiary/aromatic N) is 2. The van der Waals surface area contributed by atoms with E-state index in [0.717, 1.165) is 24.7 Å². The highest BCUT2D eigenvalue weighted by atomic mass is 15.3. The van der Waals surface area contributed by atoms with E-state index in [1.165, 1.54) is 25.7 Å². The normalized spacial score (nSPS) is 19.1. The Morgan fingerprint density at radius 3 is 2.81 bits per heavy atom. The van der Waals surface area contributed by atoms with E-state index < -0.39 is 0 Å². The average Bonchev–Trinajstić information content (AvgIpc) is 2.88. The van der Waals surface area contributed by atoms with Crippen molar-refractivity contribution in [3.63, 3.8) is 0 Å². The van der Waals surface area contributed by atoms with Gasteiger partial charge in [0, 0.05) is 12.2 Å². The molecule has 1 N–H and O–H groups in total. The fraction of sp³-hybridized carbons (Fsp3) is 0.769. The van der Waals surface area contributed by atoms with Crippen molar-refractivity contribution in [1.82, 2.24) is 15.1 Å². The van der Waals surface area contributed by atoms with E-state index in [2.05, 4.69) is 34.3 Å². The molecular weight excluding hydrogens is 198 g/mol. The van der Waals surface area contributed by atoms with Crippen LogP contribution >= 0.6 is 0 Å². The van der Waals surface area contributed by atoms with Crippen LogP contribution < -0.4 is 5.32 Å². The first-order valence-electron chi connectivity index (χ1n) is 6.53. The first-order chi connectivity index (χ1) is 7.79. The number of rotatable bonds is 5. The molecule has 0 radical (unpaired) electrons. The summed E-state index contributed by atoms with van der Waals surface area (Å²) in [7, 11) is 0. The van der Waals surface area contributed by atoms with Gasteiger partial charge in [-0.1, -0.05) is 19.8 Å². The maximum absolute atomic E-state index is 4.48. The van der Waals surface area contributed by atoms with Gasteiger partial charge < -0.3 is 5.32 Å². The fourth-order valence-electron chi connectivity index (χ4n) is 2.77. The van der Waals surface area contributed by atoms with Crippen molar-refractivity contribution in [2.45, 2.75) is 52.1 Å². The summed E-state index contributed by atoms with van der Waals surface area (Å²) < 4.78 is 2.08. The molecule has 0 saturated heterocycles. The molecule has 3 heteroatoms. The topological polar surface area (TPSA) is 29.9 Å². The summed E-state index contributed by atoms with van der Waals surface area (Å²) in [6, 6.07) is 2.68. The van der Waals surface area contributed by atoms with Gasteiger partial charge >= 0.3 is 0 Å². The molecule has 2 rings (SSSR count). The van der Waals surface area contributed by atoms with E-state index >= 15 is 0 Å². The van der Waals surface area contributed by atoms with Crippen molar-refractivity contribution in [3.8, 4) is 0 Å². The van der Waals surface area contributed by atoms with Crippen LogP contribution in [0.1, 0.15) is 38.3 Å². The molecule has 1 atom stereocenters. The van der Waals surface area contributed by atoms with Crippen LogP contribution in [0.2, 0.25) is 0 Å². The molecule has 1 heterocycles. The van der Waals surface area contributed by atoms with Gasteiger partial charge in [0.25, 0.3) is 0 Å². The second-order valence-electron chi connectivity index (χ2n) is 4.89. The van der Waals surface area contributed by atoms with E-state index in [0.29, 0.717) is 6.04 Å². The van der Waals surface area contributed by atoms with Gasteiger partial charge in [-0.05, 0) is 38.3 Å². The lowest BCUT2D eigenvalue weighted by molar-refractivity contribution is 0.316. The molecule has 1 fully saturated rings. The van der Waals surface area contributed by atoms with Crippen molar-refractivity contribution in [2.75, 3.05) is 6.54 Å². The summed E-state index contributed by atoms with van der Waals surface area (Å²) in [5.41, 5.74) is 1.11. The van der Waals surface area contributed by atoms with E-state index in [1.807, 2.05) is 6.92 Å². The van der Waals surface area contributed by atoms with E-state index in [9.17, 15) is 0 Å². The van der Waals surface area contributed by atoms with Crippen LogP contribution in [0.3, 0.4) is 0 Å². The molecule has 1 aromatic heterocycles. The lowest BCUT2D eigenvalue weighted by Gasteiger charge is -2.24. The maximum atomic E-state index is 4.48. The first kappa shape index (κ1) is 11.6. The minimum atomic E-state index is 0.604. The van der Waals surface area contributed by atoms with Crippen LogP contribution in [0.25, 0.3) is 0 Å². The lowest BCUT2D eigenvalue weighted by Crippen LogP contribution is -2.38. The molecule has 0 bridgehead atoms. The number of aromatic nitrogens is 2. The molecular formula is C13H23N3. The van der Waals surface area contributed by atoms with Gasteiger partial charge in [-0.2, -0.15) is 5.10 Å². The Bertz CT molecular complexity index is 313. The zero-order valence-electron chi connectivity index (χ0n) is 10.4. The van der Waals surface area contributed by atoms with Crippen molar-refractivity contribution >= 4 is 0 Å². The predicted octanol–water partition coefficient (Wildman–Crippen LogP) is 2.36. The standard InChI is InChI=1S/C13H23N3/c1-3-14-13(12-6-4-5-7-12)10-16-9-8-11(2)15-16/h8-9,12-14H,3-7,10H2,1-2H3. The summed E-state index contributed by atoms with van der Waals surface area (Å²) in [4.78, 5) is 0. The Morgan fingerprint density at radius 1 is 1.50 bits per heavy atom. The predicted molar refractivity (Wildman–Crippen MR) is 66.4 cm³/mol. The molecule has 0 amide bonds. The largest absolute Gasteiger partial charge is 0.312 e. The van der Waals surface area contributed by atoms with Crippen LogP contribution in [-0.2, 0) is 6.54 Å². The zero-order chi connectivity index (χ0) is 11.4. The second-order valence-corrected chi connectivity index (χ2v) is 4.89. The van der Waals surface area contributed by atoms with Crippen LogP contribution in [-0.4, -0.2) is 22.4 Å². The number of nitrogens with one attached hydrogen (secondary N) is 1. The monoisotopic (exact) mass is 221 g/mol. The lowest BCUT2D eigenvalue weighted by atomic mass is 9.98. The van der Waals surface area contributed by atoms with Gasteiger partial charge in [0.1, 0.15) is 0 Å². The Morgan fingerprint density at radius 2 is 2.25 bits per heavy atom. The summed E-state index contributed by atoms with van der Waals surface area (Å²) in [6.07, 6.45) is 7.68. The summed E-state index contributed by atoms with van der Waals surface area (Å²) in [6.45, 7) is 6.32. The summed E-state index contributed by atoms with van der Waals surface area (Å²) in [5.74, 6) is 0.851. The van der Waals surface area contributed by atoms with Crippen LogP contribution in [0.4, 0.5) is 0 Å². The molecule has 1 unspecified atom stereocenters. The third-order valence-electron chi connectivity index (χ3n) is 3.59. The van der Waals surface area contributed by atoms with E-state index in [-0.39, 0.29) is 0 Å². The average molecular weight is 221 g/mol. The van der Waals surface area contributed by atoms with Gasteiger partial charge in [-0.25, -0.2) is 0 Å². The Hall–Kier alpha value is -0.830. The highest BCUT2D eigenvalue weighted by Gasteiger charge is 2.24. The molecule has 3 nitrogen and oxygen atoms in total. The zero-order valence-corrected chi connectivity index (χ0v) is 10.4. The number of aryl methyl sites for hydroxylation is 1. The van der Waals surface area contributed by atoms with Gasteiger partial charge in [0.2, 0.25) is 0 Å². The van der Waals surface area contributed by atoms with Crippen LogP contribution in [0.15, 0.2) is 12.3 Å².